The topological polar surface area (TPSA) is 92.9 Å². The number of para-hydroxylation sites is 9. The molecule has 0 fully saturated rings. The van der Waals surface area contributed by atoms with Crippen molar-refractivity contribution in [1.82, 2.24) is 28.7 Å². The van der Waals surface area contributed by atoms with Crippen molar-refractivity contribution in [2.75, 3.05) is 0 Å². The molecule has 0 saturated carbocycles. The molecule has 0 radical (unpaired) electrons. The van der Waals surface area contributed by atoms with Gasteiger partial charge in [0.1, 0.15) is 16.7 Å². The SMILES string of the molecule is [Ir+3].[c-]1ccc2c(oc3ccccc32)c1-c1cc(-n2c3ccccc3c3ccccc32)ccn1.[c-]1ccc2c(oc3ccccc32)c1-c1cc(-n2c3ccccc3c3ccccc32)ccn1.[c-]1ccc2c(oc3ccccc32)c1-c1cc(-n2c3ccccc3c3ccccc32)ccn1. The van der Waals surface area contributed by atoms with Gasteiger partial charge in [-0.15, -0.1) is 54.6 Å². The number of hydrogen-bond acceptors (Lipinski definition) is 6. The minimum atomic E-state index is 0. The van der Waals surface area contributed by atoms with E-state index in [-0.39, 0.29) is 20.1 Å². The zero-order valence-electron chi connectivity index (χ0n) is 51.7. The molecule has 9 nitrogen and oxygen atoms in total. The molecule has 21 rings (SSSR count). The summed E-state index contributed by atoms with van der Waals surface area (Å²) >= 11 is 0. The molecule has 10 heteroatoms. The van der Waals surface area contributed by atoms with Gasteiger partial charge in [-0.1, -0.05) is 215 Å². The molecule has 0 saturated heterocycles. The molecule has 12 aromatic carbocycles. The van der Waals surface area contributed by atoms with Crippen LogP contribution < -0.4 is 0 Å². The summed E-state index contributed by atoms with van der Waals surface area (Å²) in [6, 6.07) is 110. The van der Waals surface area contributed by atoms with E-state index in [1.165, 1.54) is 65.4 Å². The van der Waals surface area contributed by atoms with Crippen molar-refractivity contribution in [3.63, 3.8) is 0 Å². The van der Waals surface area contributed by atoms with Crippen LogP contribution in [-0.2, 0) is 20.1 Å². The first-order valence-electron chi connectivity index (χ1n) is 32.0. The Morgan fingerprint density at radius 3 is 0.722 bits per heavy atom. The van der Waals surface area contributed by atoms with Crippen LogP contribution >= 0.6 is 0 Å². The van der Waals surface area contributed by atoms with Gasteiger partial charge in [0.2, 0.25) is 0 Å². The molecule has 0 spiro atoms. The van der Waals surface area contributed by atoms with E-state index in [0.717, 1.165) is 117 Å². The van der Waals surface area contributed by atoms with E-state index in [2.05, 4.69) is 250 Å². The van der Waals surface area contributed by atoms with Crippen LogP contribution in [0.5, 0.6) is 0 Å². The molecule has 0 aliphatic heterocycles. The van der Waals surface area contributed by atoms with E-state index in [1.54, 1.807) is 0 Å². The van der Waals surface area contributed by atoms with Gasteiger partial charge in [-0.05, 0) is 89.9 Å². The second kappa shape index (κ2) is 23.5. The molecule has 456 valence electrons. The fourth-order valence-electron chi connectivity index (χ4n) is 14.3. The second-order valence-corrected chi connectivity index (χ2v) is 23.9. The summed E-state index contributed by atoms with van der Waals surface area (Å²) in [6.45, 7) is 0. The van der Waals surface area contributed by atoms with Gasteiger partial charge >= 0.3 is 20.1 Å². The molecule has 0 aliphatic carbocycles. The Bertz CT molecular complexity index is 5850. The Hall–Kier alpha value is -12.5. The third-order valence-electron chi connectivity index (χ3n) is 18.5. The van der Waals surface area contributed by atoms with Gasteiger partial charge in [-0.3, -0.25) is 0 Å². The van der Waals surface area contributed by atoms with Crippen molar-refractivity contribution in [3.05, 3.63) is 328 Å². The molecule has 0 amide bonds. The number of aromatic nitrogens is 6. The summed E-state index contributed by atoms with van der Waals surface area (Å²) in [6.07, 6.45) is 5.59. The largest absolute Gasteiger partial charge is 3.00 e. The number of hydrogen-bond donors (Lipinski definition) is 0. The number of rotatable bonds is 6. The van der Waals surface area contributed by atoms with Crippen molar-refractivity contribution in [3.8, 4) is 50.8 Å². The first-order valence-corrected chi connectivity index (χ1v) is 32.0. The molecule has 97 heavy (non-hydrogen) atoms. The molecular weight excluding hydrogens is 1370 g/mol. The number of nitrogens with zero attached hydrogens (tertiary/aromatic N) is 6. The summed E-state index contributed by atoms with van der Waals surface area (Å²) < 4.78 is 25.6. The molecular formula is C87H51IrN6O3. The van der Waals surface area contributed by atoms with Gasteiger partial charge in [0.15, 0.2) is 0 Å². The number of benzene rings is 12. The number of fused-ring (bicyclic) bond motifs is 18. The zero-order chi connectivity index (χ0) is 63.2. The third kappa shape index (κ3) is 9.44. The van der Waals surface area contributed by atoms with Crippen molar-refractivity contribution in [1.29, 1.82) is 0 Å². The van der Waals surface area contributed by atoms with Crippen LogP contribution in [0.2, 0.25) is 0 Å². The van der Waals surface area contributed by atoms with Crippen LogP contribution in [0.4, 0.5) is 0 Å². The molecule has 0 atom stereocenters. The average molecular weight is 1420 g/mol. The van der Waals surface area contributed by atoms with Gasteiger partial charge in [-0.2, -0.15) is 0 Å². The molecule has 0 aliphatic rings. The standard InChI is InChI=1S/3C29H17N2O.Ir/c3*1-4-13-26-20(8-1)21-9-2-5-14-27(21)31(26)19-16-17-30-25(18-19)24-12-7-11-23-22-10-3-6-15-28(22)32-29(23)24;/h3*1-11,13-18H;/q3*-1;+3. The van der Waals surface area contributed by atoms with E-state index >= 15 is 0 Å². The normalized spacial score (nSPS) is 11.6. The maximum Gasteiger partial charge on any atom is 3.00 e. The van der Waals surface area contributed by atoms with Crippen molar-refractivity contribution >= 4 is 131 Å². The predicted octanol–water partition coefficient (Wildman–Crippen LogP) is 22.6. The van der Waals surface area contributed by atoms with Crippen LogP contribution in [0.15, 0.2) is 323 Å². The van der Waals surface area contributed by atoms with Crippen molar-refractivity contribution < 1.29 is 33.4 Å². The van der Waals surface area contributed by atoms with E-state index in [0.29, 0.717) is 0 Å². The summed E-state index contributed by atoms with van der Waals surface area (Å²) in [4.78, 5) is 14.1. The van der Waals surface area contributed by atoms with Gasteiger partial charge in [-0.25, -0.2) is 0 Å². The molecule has 0 bridgehead atoms. The van der Waals surface area contributed by atoms with Gasteiger partial charge in [0.25, 0.3) is 0 Å². The van der Waals surface area contributed by atoms with Crippen LogP contribution in [0.1, 0.15) is 0 Å². The molecule has 0 unspecified atom stereocenters. The quantitative estimate of drug-likeness (QED) is 0.154. The van der Waals surface area contributed by atoms with Gasteiger partial charge in [0.05, 0.1) is 49.8 Å². The average Bonchev–Trinajstić information content (AvgIpc) is 1.60. The van der Waals surface area contributed by atoms with Gasteiger partial charge in [0, 0.05) is 84.1 Å². The molecule has 9 heterocycles. The maximum atomic E-state index is 6.23. The number of furan rings is 3. The summed E-state index contributed by atoms with van der Waals surface area (Å²) in [5.41, 5.74) is 20.5. The predicted molar refractivity (Wildman–Crippen MR) is 390 cm³/mol. The third-order valence-corrected chi connectivity index (χ3v) is 18.5. The molecule has 21 aromatic rings. The number of pyridine rings is 3. The Balaban J connectivity index is 0.000000105. The Kier molecular flexibility index (Phi) is 13.9. The molecule has 0 N–H and O–H groups in total. The monoisotopic (exact) mass is 1420 g/mol. The van der Waals surface area contributed by atoms with Crippen LogP contribution in [0.25, 0.3) is 182 Å². The summed E-state index contributed by atoms with van der Waals surface area (Å²) in [7, 11) is 0. The van der Waals surface area contributed by atoms with Gasteiger partial charge < -0.3 is 41.9 Å². The zero-order valence-corrected chi connectivity index (χ0v) is 54.1. The van der Waals surface area contributed by atoms with Crippen LogP contribution in [-0.4, -0.2) is 28.7 Å². The summed E-state index contributed by atoms with van der Waals surface area (Å²) in [5.74, 6) is 0. The fraction of sp³-hybridized carbons (Fsp3) is 0. The smallest absolute Gasteiger partial charge is 0.501 e. The van der Waals surface area contributed by atoms with Crippen molar-refractivity contribution in [2.24, 2.45) is 0 Å². The summed E-state index contributed by atoms with van der Waals surface area (Å²) in [5, 5.41) is 14.0. The van der Waals surface area contributed by atoms with Crippen LogP contribution in [0, 0.1) is 18.2 Å². The minimum absolute atomic E-state index is 0. The van der Waals surface area contributed by atoms with E-state index in [1.807, 2.05) is 91.4 Å². The molecule has 9 aromatic heterocycles. The minimum Gasteiger partial charge on any atom is -0.501 e. The first kappa shape index (κ1) is 57.2. The Morgan fingerprint density at radius 2 is 0.464 bits per heavy atom. The van der Waals surface area contributed by atoms with E-state index < -0.39 is 0 Å². The van der Waals surface area contributed by atoms with E-state index in [4.69, 9.17) is 28.2 Å². The van der Waals surface area contributed by atoms with Crippen LogP contribution in [0.3, 0.4) is 0 Å². The second-order valence-electron chi connectivity index (χ2n) is 23.9. The Morgan fingerprint density at radius 1 is 0.237 bits per heavy atom. The Labute approximate surface area is 568 Å². The fourth-order valence-corrected chi connectivity index (χ4v) is 14.3. The van der Waals surface area contributed by atoms with Crippen molar-refractivity contribution in [2.45, 2.75) is 0 Å². The first-order chi connectivity index (χ1) is 47.6. The maximum absolute atomic E-state index is 6.23. The van der Waals surface area contributed by atoms with E-state index in [9.17, 15) is 0 Å².